The number of piperidine rings is 1. The first kappa shape index (κ1) is 14.6. The van der Waals surface area contributed by atoms with Gasteiger partial charge in [-0.25, -0.2) is 0 Å². The van der Waals surface area contributed by atoms with Crippen molar-refractivity contribution in [1.29, 1.82) is 0 Å². The minimum absolute atomic E-state index is 0.0694. The Morgan fingerprint density at radius 2 is 1.90 bits per heavy atom. The molecule has 0 aromatic heterocycles. The van der Waals surface area contributed by atoms with E-state index in [4.69, 9.17) is 5.11 Å². The van der Waals surface area contributed by atoms with Crippen molar-refractivity contribution in [3.63, 3.8) is 0 Å². The molecular formula is C16H21NO3. The third-order valence-corrected chi connectivity index (χ3v) is 4.20. The molecule has 0 spiro atoms. The fourth-order valence-electron chi connectivity index (χ4n) is 2.74. The lowest BCUT2D eigenvalue weighted by molar-refractivity contribution is -0.138. The highest BCUT2D eigenvalue weighted by molar-refractivity contribution is 5.96. The number of amides is 1. The summed E-state index contributed by atoms with van der Waals surface area (Å²) in [5.41, 5.74) is 2.92. The van der Waals surface area contributed by atoms with Crippen LogP contribution >= 0.6 is 0 Å². The Labute approximate surface area is 119 Å². The average molecular weight is 275 g/mol. The molecule has 2 rings (SSSR count). The Kier molecular flexibility index (Phi) is 4.42. The minimum Gasteiger partial charge on any atom is -0.481 e. The van der Waals surface area contributed by atoms with E-state index in [0.717, 1.165) is 29.5 Å². The molecule has 1 aliphatic heterocycles. The zero-order valence-corrected chi connectivity index (χ0v) is 12.1. The fraction of sp³-hybridized carbons (Fsp3) is 0.500. The average Bonchev–Trinajstić information content (AvgIpc) is 2.41. The summed E-state index contributed by atoms with van der Waals surface area (Å²) in [6.07, 6.45) is 1.78. The number of hydrogen-bond donors (Lipinski definition) is 1. The number of carboxylic acid groups (broad SMARTS) is 1. The summed E-state index contributed by atoms with van der Waals surface area (Å²) in [7, 11) is 0. The first-order chi connectivity index (χ1) is 9.49. The van der Waals surface area contributed by atoms with E-state index >= 15 is 0 Å². The molecule has 0 radical (unpaired) electrons. The van der Waals surface area contributed by atoms with Crippen molar-refractivity contribution in [1.82, 2.24) is 4.90 Å². The van der Waals surface area contributed by atoms with Crippen LogP contribution in [0.25, 0.3) is 0 Å². The molecule has 4 heteroatoms. The maximum atomic E-state index is 12.5. The van der Waals surface area contributed by atoms with E-state index in [1.54, 1.807) is 0 Å². The lowest BCUT2D eigenvalue weighted by Gasteiger charge is -2.31. The van der Waals surface area contributed by atoms with Gasteiger partial charge in [0.15, 0.2) is 0 Å². The van der Waals surface area contributed by atoms with Crippen LogP contribution in [0.4, 0.5) is 0 Å². The number of aryl methyl sites for hydroxylation is 1. The molecule has 1 heterocycles. The van der Waals surface area contributed by atoms with E-state index in [-0.39, 0.29) is 18.2 Å². The number of benzene rings is 1. The Morgan fingerprint density at radius 1 is 1.25 bits per heavy atom. The topological polar surface area (TPSA) is 57.6 Å². The monoisotopic (exact) mass is 275 g/mol. The maximum Gasteiger partial charge on any atom is 0.303 e. The van der Waals surface area contributed by atoms with Gasteiger partial charge >= 0.3 is 5.97 Å². The molecule has 0 atom stereocenters. The zero-order chi connectivity index (χ0) is 14.7. The van der Waals surface area contributed by atoms with Crippen molar-refractivity contribution < 1.29 is 14.7 Å². The fourth-order valence-corrected chi connectivity index (χ4v) is 2.74. The summed E-state index contributed by atoms with van der Waals surface area (Å²) in [5.74, 6) is -0.473. The highest BCUT2D eigenvalue weighted by Gasteiger charge is 2.25. The minimum atomic E-state index is -0.746. The van der Waals surface area contributed by atoms with Crippen LogP contribution in [0, 0.1) is 19.8 Å². The van der Waals surface area contributed by atoms with E-state index in [9.17, 15) is 9.59 Å². The van der Waals surface area contributed by atoms with Gasteiger partial charge in [-0.05, 0) is 49.8 Å². The van der Waals surface area contributed by atoms with Gasteiger partial charge in [0.05, 0.1) is 0 Å². The van der Waals surface area contributed by atoms with E-state index in [2.05, 4.69) is 0 Å². The van der Waals surface area contributed by atoms with Crippen molar-refractivity contribution in [2.45, 2.75) is 33.1 Å². The van der Waals surface area contributed by atoms with Gasteiger partial charge in [-0.1, -0.05) is 12.1 Å². The standard InChI is InChI=1S/C16H21NO3/c1-11-4-3-5-14(12(11)2)16(20)17-8-6-13(7-9-17)10-15(18)19/h3-5,13H,6-10H2,1-2H3,(H,18,19). The second-order valence-corrected chi connectivity index (χ2v) is 5.58. The first-order valence-corrected chi connectivity index (χ1v) is 7.06. The van der Waals surface area contributed by atoms with Crippen molar-refractivity contribution in [2.75, 3.05) is 13.1 Å². The molecule has 1 N–H and O–H groups in total. The molecule has 1 aliphatic rings. The predicted molar refractivity (Wildman–Crippen MR) is 76.8 cm³/mol. The van der Waals surface area contributed by atoms with Crippen molar-refractivity contribution in [3.8, 4) is 0 Å². The molecule has 20 heavy (non-hydrogen) atoms. The molecule has 108 valence electrons. The lowest BCUT2D eigenvalue weighted by atomic mass is 9.93. The largest absolute Gasteiger partial charge is 0.481 e. The predicted octanol–water partition coefficient (Wildman–Crippen LogP) is 2.63. The smallest absolute Gasteiger partial charge is 0.303 e. The van der Waals surface area contributed by atoms with Crippen LogP contribution in [0.1, 0.15) is 40.7 Å². The van der Waals surface area contributed by atoms with Gasteiger partial charge in [-0.3, -0.25) is 9.59 Å². The highest BCUT2D eigenvalue weighted by atomic mass is 16.4. The number of rotatable bonds is 3. The van der Waals surface area contributed by atoms with Crippen LogP contribution in [0.5, 0.6) is 0 Å². The summed E-state index contributed by atoms with van der Waals surface area (Å²) in [6, 6.07) is 5.78. The number of carbonyl (C=O) groups excluding carboxylic acids is 1. The second-order valence-electron chi connectivity index (χ2n) is 5.58. The molecule has 0 saturated carbocycles. The Balaban J connectivity index is 2.02. The number of hydrogen-bond acceptors (Lipinski definition) is 2. The summed E-state index contributed by atoms with van der Waals surface area (Å²) in [5, 5.41) is 8.81. The van der Waals surface area contributed by atoms with Gasteiger partial charge in [0, 0.05) is 25.1 Å². The number of aliphatic carboxylic acids is 1. The van der Waals surface area contributed by atoms with Crippen LogP contribution in [-0.4, -0.2) is 35.0 Å². The van der Waals surface area contributed by atoms with Gasteiger partial charge in [0.25, 0.3) is 5.91 Å². The summed E-state index contributed by atoms with van der Waals surface area (Å²) >= 11 is 0. The normalized spacial score (nSPS) is 16.2. The van der Waals surface area contributed by atoms with Crippen molar-refractivity contribution in [3.05, 3.63) is 34.9 Å². The summed E-state index contributed by atoms with van der Waals surface area (Å²) in [6.45, 7) is 5.29. The molecule has 0 aliphatic carbocycles. The molecule has 1 aromatic rings. The lowest BCUT2D eigenvalue weighted by Crippen LogP contribution is -2.39. The van der Waals surface area contributed by atoms with Crippen LogP contribution in [-0.2, 0) is 4.79 Å². The Morgan fingerprint density at radius 3 is 2.50 bits per heavy atom. The molecule has 1 fully saturated rings. The zero-order valence-electron chi connectivity index (χ0n) is 12.1. The number of nitrogens with zero attached hydrogens (tertiary/aromatic N) is 1. The molecular weight excluding hydrogens is 254 g/mol. The third kappa shape index (κ3) is 3.18. The van der Waals surface area contributed by atoms with Crippen LogP contribution in [0.3, 0.4) is 0 Å². The molecule has 1 aromatic carbocycles. The Hall–Kier alpha value is -1.84. The van der Waals surface area contributed by atoms with E-state index in [1.807, 2.05) is 36.9 Å². The molecule has 0 unspecified atom stereocenters. The van der Waals surface area contributed by atoms with E-state index < -0.39 is 5.97 Å². The molecule has 4 nitrogen and oxygen atoms in total. The maximum absolute atomic E-state index is 12.5. The second kappa shape index (κ2) is 6.07. The van der Waals surface area contributed by atoms with Crippen molar-refractivity contribution in [2.24, 2.45) is 5.92 Å². The summed E-state index contributed by atoms with van der Waals surface area (Å²) < 4.78 is 0. The van der Waals surface area contributed by atoms with Gasteiger partial charge in [0.2, 0.25) is 0 Å². The molecule has 0 bridgehead atoms. The Bertz CT molecular complexity index is 516. The van der Waals surface area contributed by atoms with Gasteiger partial charge < -0.3 is 10.0 Å². The van der Waals surface area contributed by atoms with Crippen LogP contribution < -0.4 is 0 Å². The number of carbonyl (C=O) groups is 2. The first-order valence-electron chi connectivity index (χ1n) is 7.06. The SMILES string of the molecule is Cc1cccc(C(=O)N2CCC(CC(=O)O)CC2)c1C. The molecule has 1 amide bonds. The van der Waals surface area contributed by atoms with E-state index in [0.29, 0.717) is 13.1 Å². The van der Waals surface area contributed by atoms with Crippen LogP contribution in [0.2, 0.25) is 0 Å². The van der Waals surface area contributed by atoms with Gasteiger partial charge in [-0.15, -0.1) is 0 Å². The van der Waals surface area contributed by atoms with Gasteiger partial charge in [-0.2, -0.15) is 0 Å². The third-order valence-electron chi connectivity index (χ3n) is 4.20. The number of carboxylic acids is 1. The van der Waals surface area contributed by atoms with Crippen molar-refractivity contribution >= 4 is 11.9 Å². The highest BCUT2D eigenvalue weighted by Crippen LogP contribution is 2.23. The van der Waals surface area contributed by atoms with Gasteiger partial charge in [0.1, 0.15) is 0 Å². The van der Waals surface area contributed by atoms with Crippen LogP contribution in [0.15, 0.2) is 18.2 Å². The number of likely N-dealkylation sites (tertiary alicyclic amines) is 1. The summed E-state index contributed by atoms with van der Waals surface area (Å²) in [4.78, 5) is 25.1. The molecule has 1 saturated heterocycles. The quantitative estimate of drug-likeness (QED) is 0.922. The van der Waals surface area contributed by atoms with E-state index in [1.165, 1.54) is 0 Å².